The number of carbonyl (C=O) groups is 1. The summed E-state index contributed by atoms with van der Waals surface area (Å²) in [6.07, 6.45) is 1.33. The first-order valence-corrected chi connectivity index (χ1v) is 9.47. The molecule has 0 bridgehead atoms. The minimum atomic E-state index is -3.17. The maximum atomic E-state index is 11.9. The van der Waals surface area contributed by atoms with Crippen molar-refractivity contribution >= 4 is 16.1 Å². The molecule has 0 aromatic rings. The van der Waals surface area contributed by atoms with Gasteiger partial charge in [-0.15, -0.1) is 0 Å². The van der Waals surface area contributed by atoms with Gasteiger partial charge >= 0.3 is 6.09 Å². The molecule has 1 saturated heterocycles. The van der Waals surface area contributed by atoms with E-state index in [1.807, 2.05) is 20.8 Å². The van der Waals surface area contributed by atoms with Crippen LogP contribution >= 0.6 is 0 Å². The highest BCUT2D eigenvalue weighted by Crippen LogP contribution is 2.15. The molecule has 1 rings (SSSR count). The molecule has 2 N–H and O–H groups in total. The van der Waals surface area contributed by atoms with Gasteiger partial charge in [0, 0.05) is 32.2 Å². The number of hydrogen-bond acceptors (Lipinski definition) is 5. The van der Waals surface area contributed by atoms with E-state index >= 15 is 0 Å². The fourth-order valence-corrected chi connectivity index (χ4v) is 3.25. The lowest BCUT2D eigenvalue weighted by atomic mass is 10.1. The molecular weight excluding hydrogens is 306 g/mol. The minimum Gasteiger partial charge on any atom is -0.444 e. The van der Waals surface area contributed by atoms with Crippen molar-refractivity contribution in [1.29, 1.82) is 0 Å². The Kier molecular flexibility index (Phi) is 7.08. The second-order valence-electron chi connectivity index (χ2n) is 6.51. The van der Waals surface area contributed by atoms with Gasteiger partial charge < -0.3 is 15.0 Å². The molecular formula is C14H29N3O4S. The highest BCUT2D eigenvalue weighted by molar-refractivity contribution is 7.89. The normalized spacial score (nSPS) is 17.5. The first kappa shape index (κ1) is 19.2. The second-order valence-corrected chi connectivity index (χ2v) is 8.44. The van der Waals surface area contributed by atoms with Crippen LogP contribution in [0.4, 0.5) is 4.79 Å². The SMILES string of the molecule is CCNS(=O)(=O)CCNC1CCN(C(=O)OC(C)(C)C)CC1. The minimum absolute atomic E-state index is 0.0765. The van der Waals surface area contributed by atoms with E-state index in [1.165, 1.54) is 0 Å². The van der Waals surface area contributed by atoms with E-state index < -0.39 is 15.6 Å². The molecule has 1 fully saturated rings. The van der Waals surface area contributed by atoms with Crippen LogP contribution in [0.1, 0.15) is 40.5 Å². The second kappa shape index (κ2) is 8.12. The number of nitrogens with zero attached hydrogens (tertiary/aromatic N) is 1. The lowest BCUT2D eigenvalue weighted by Crippen LogP contribution is -2.47. The Hall–Kier alpha value is -0.860. The third kappa shape index (κ3) is 7.42. The highest BCUT2D eigenvalue weighted by atomic mass is 32.2. The largest absolute Gasteiger partial charge is 0.444 e. The van der Waals surface area contributed by atoms with Gasteiger partial charge in [-0.05, 0) is 33.6 Å². The zero-order valence-electron chi connectivity index (χ0n) is 14.0. The summed E-state index contributed by atoms with van der Waals surface area (Å²) in [6.45, 7) is 9.41. The maximum absolute atomic E-state index is 11.9. The van der Waals surface area contributed by atoms with Crippen LogP contribution < -0.4 is 10.0 Å². The first-order chi connectivity index (χ1) is 10.1. The van der Waals surface area contributed by atoms with Gasteiger partial charge in [0.1, 0.15) is 5.60 Å². The molecule has 0 atom stereocenters. The van der Waals surface area contributed by atoms with Crippen LogP contribution in [0.25, 0.3) is 0 Å². The quantitative estimate of drug-likeness (QED) is 0.753. The molecule has 130 valence electrons. The Morgan fingerprint density at radius 3 is 2.36 bits per heavy atom. The monoisotopic (exact) mass is 335 g/mol. The Balaban J connectivity index is 2.27. The molecule has 1 heterocycles. The summed E-state index contributed by atoms with van der Waals surface area (Å²) in [7, 11) is -3.17. The number of nitrogens with one attached hydrogen (secondary N) is 2. The summed E-state index contributed by atoms with van der Waals surface area (Å²) < 4.78 is 30.9. The van der Waals surface area contributed by atoms with Gasteiger partial charge in [-0.2, -0.15) is 0 Å². The lowest BCUT2D eigenvalue weighted by Gasteiger charge is -2.33. The molecule has 0 aromatic carbocycles. The Bertz CT molecular complexity index is 451. The summed E-state index contributed by atoms with van der Waals surface area (Å²) in [5.74, 6) is 0.0765. The van der Waals surface area contributed by atoms with Crippen molar-refractivity contribution in [1.82, 2.24) is 14.9 Å². The van der Waals surface area contributed by atoms with Crippen molar-refractivity contribution in [2.75, 3.05) is 31.9 Å². The number of amides is 1. The molecule has 7 nitrogen and oxygen atoms in total. The summed E-state index contributed by atoms with van der Waals surface area (Å²) in [6, 6.07) is 0.246. The topological polar surface area (TPSA) is 87.7 Å². The zero-order chi connectivity index (χ0) is 16.8. The van der Waals surface area contributed by atoms with Crippen LogP contribution in [-0.4, -0.2) is 63.0 Å². The summed E-state index contributed by atoms with van der Waals surface area (Å²) in [4.78, 5) is 13.6. The summed E-state index contributed by atoms with van der Waals surface area (Å²) in [5, 5.41) is 3.25. The highest BCUT2D eigenvalue weighted by Gasteiger charge is 2.26. The van der Waals surface area contributed by atoms with Crippen molar-refractivity contribution in [3.8, 4) is 0 Å². The predicted octanol–water partition coefficient (Wildman–Crippen LogP) is 0.915. The Morgan fingerprint density at radius 1 is 1.27 bits per heavy atom. The number of carbonyl (C=O) groups excluding carboxylic acids is 1. The molecule has 1 amide bonds. The van der Waals surface area contributed by atoms with E-state index in [4.69, 9.17) is 4.74 Å². The van der Waals surface area contributed by atoms with Gasteiger partial charge in [-0.3, -0.25) is 0 Å². The third-order valence-corrected chi connectivity index (χ3v) is 4.78. The molecule has 0 radical (unpaired) electrons. The molecule has 0 aromatic heterocycles. The summed E-state index contributed by atoms with van der Waals surface area (Å²) >= 11 is 0. The lowest BCUT2D eigenvalue weighted by molar-refractivity contribution is 0.0199. The first-order valence-electron chi connectivity index (χ1n) is 7.81. The van der Waals surface area contributed by atoms with E-state index in [-0.39, 0.29) is 17.9 Å². The van der Waals surface area contributed by atoms with E-state index in [1.54, 1.807) is 11.8 Å². The number of likely N-dealkylation sites (tertiary alicyclic amines) is 1. The zero-order valence-corrected chi connectivity index (χ0v) is 14.8. The van der Waals surface area contributed by atoms with Gasteiger partial charge in [0.15, 0.2) is 0 Å². The van der Waals surface area contributed by atoms with Gasteiger partial charge in [0.25, 0.3) is 0 Å². The number of ether oxygens (including phenoxy) is 1. The molecule has 1 aliphatic rings. The fraction of sp³-hybridized carbons (Fsp3) is 0.929. The van der Waals surface area contributed by atoms with Gasteiger partial charge in [0.2, 0.25) is 10.0 Å². The average molecular weight is 335 g/mol. The molecule has 0 saturated carbocycles. The van der Waals surface area contributed by atoms with Crippen LogP contribution in [0.15, 0.2) is 0 Å². The standard InChI is InChI=1S/C14H29N3O4S/c1-5-16-22(19,20)11-8-15-12-6-9-17(10-7-12)13(18)21-14(2,3)4/h12,15-16H,5-11H2,1-4H3. The number of rotatable bonds is 6. The van der Waals surface area contributed by atoms with Crippen LogP contribution in [0.2, 0.25) is 0 Å². The van der Waals surface area contributed by atoms with Crippen molar-refractivity contribution in [2.45, 2.75) is 52.2 Å². The maximum Gasteiger partial charge on any atom is 0.410 e. The molecule has 0 aliphatic carbocycles. The predicted molar refractivity (Wildman–Crippen MR) is 86.3 cm³/mol. The number of sulfonamides is 1. The van der Waals surface area contributed by atoms with E-state index in [2.05, 4.69) is 10.0 Å². The Labute approximate surface area is 133 Å². The third-order valence-electron chi connectivity index (χ3n) is 3.31. The fourth-order valence-electron chi connectivity index (χ4n) is 2.28. The van der Waals surface area contributed by atoms with Crippen LogP contribution in [0.5, 0.6) is 0 Å². The van der Waals surface area contributed by atoms with E-state index in [9.17, 15) is 13.2 Å². The smallest absolute Gasteiger partial charge is 0.410 e. The van der Waals surface area contributed by atoms with E-state index in [0.29, 0.717) is 26.2 Å². The van der Waals surface area contributed by atoms with Crippen molar-refractivity contribution in [2.24, 2.45) is 0 Å². The van der Waals surface area contributed by atoms with Crippen molar-refractivity contribution in [3.05, 3.63) is 0 Å². The van der Waals surface area contributed by atoms with Crippen LogP contribution in [0.3, 0.4) is 0 Å². The van der Waals surface area contributed by atoms with Crippen LogP contribution in [-0.2, 0) is 14.8 Å². The number of piperidine rings is 1. The Morgan fingerprint density at radius 2 is 1.86 bits per heavy atom. The van der Waals surface area contributed by atoms with Crippen molar-refractivity contribution < 1.29 is 17.9 Å². The van der Waals surface area contributed by atoms with Gasteiger partial charge in [0.05, 0.1) is 5.75 Å². The van der Waals surface area contributed by atoms with Crippen molar-refractivity contribution in [3.63, 3.8) is 0 Å². The van der Waals surface area contributed by atoms with Gasteiger partial charge in [-0.1, -0.05) is 6.92 Å². The molecule has 0 unspecified atom stereocenters. The molecule has 22 heavy (non-hydrogen) atoms. The average Bonchev–Trinajstić information content (AvgIpc) is 2.37. The van der Waals surface area contributed by atoms with Crippen LogP contribution in [0, 0.1) is 0 Å². The van der Waals surface area contributed by atoms with Gasteiger partial charge in [-0.25, -0.2) is 17.9 Å². The molecule has 0 spiro atoms. The summed E-state index contributed by atoms with van der Waals surface area (Å²) in [5.41, 5.74) is -0.479. The van der Waals surface area contributed by atoms with E-state index in [0.717, 1.165) is 12.8 Å². The molecule has 1 aliphatic heterocycles. The molecule has 8 heteroatoms. The number of hydrogen-bond donors (Lipinski definition) is 2.